The lowest BCUT2D eigenvalue weighted by molar-refractivity contribution is -0.384. The average Bonchev–Trinajstić information content (AvgIpc) is 3.05. The van der Waals surface area contributed by atoms with Crippen LogP contribution in [0.4, 0.5) is 5.69 Å². The summed E-state index contributed by atoms with van der Waals surface area (Å²) in [5.41, 5.74) is 5.31. The number of carbonyl (C=O) groups excluding carboxylic acids is 2. The van der Waals surface area contributed by atoms with E-state index in [1.165, 1.54) is 18.3 Å². The minimum absolute atomic E-state index is 0.00662. The molecule has 43 heavy (non-hydrogen) atoms. The van der Waals surface area contributed by atoms with E-state index in [0.29, 0.717) is 16.9 Å². The first-order valence-corrected chi connectivity index (χ1v) is 13.6. The average molecular weight is 573 g/mol. The van der Waals surface area contributed by atoms with Gasteiger partial charge in [0, 0.05) is 23.3 Å². The Morgan fingerprint density at radius 1 is 0.837 bits per heavy atom. The third-order valence-electron chi connectivity index (χ3n) is 6.79. The Morgan fingerprint density at radius 2 is 1.51 bits per heavy atom. The van der Waals surface area contributed by atoms with E-state index >= 15 is 0 Å². The van der Waals surface area contributed by atoms with Crippen LogP contribution < -0.4 is 15.5 Å². The van der Waals surface area contributed by atoms with Crippen LogP contribution in [0.15, 0.2) is 126 Å². The number of fused-ring (bicyclic) bond motifs is 1. The van der Waals surface area contributed by atoms with Crippen LogP contribution >= 0.6 is 0 Å². The molecule has 214 valence electrons. The van der Waals surface area contributed by atoms with Crippen molar-refractivity contribution >= 4 is 34.5 Å². The third kappa shape index (κ3) is 7.47. The zero-order valence-electron chi connectivity index (χ0n) is 23.1. The molecule has 2 amide bonds. The SMILES string of the molecule is O=C(C[C@@H](NC(=O)c1ccccc1)c1ccccc1)N/N=C\c1c(OCc2ccc([N+](=O)[O-])cc2)ccc2ccccc12. The van der Waals surface area contributed by atoms with Gasteiger partial charge in [0.1, 0.15) is 12.4 Å². The molecular weight excluding hydrogens is 544 g/mol. The predicted octanol–water partition coefficient (Wildman–Crippen LogP) is 6.34. The molecule has 0 saturated heterocycles. The second kappa shape index (κ2) is 13.7. The van der Waals surface area contributed by atoms with Crippen molar-refractivity contribution in [2.24, 2.45) is 5.10 Å². The summed E-state index contributed by atoms with van der Waals surface area (Å²) in [4.78, 5) is 36.4. The van der Waals surface area contributed by atoms with Crippen LogP contribution in [0.1, 0.15) is 39.5 Å². The maximum Gasteiger partial charge on any atom is 0.269 e. The second-order valence-electron chi connectivity index (χ2n) is 9.71. The van der Waals surface area contributed by atoms with Crippen LogP contribution in [0.3, 0.4) is 0 Å². The fraction of sp³-hybridized carbons (Fsp3) is 0.0882. The first-order valence-electron chi connectivity index (χ1n) is 13.6. The molecule has 0 bridgehead atoms. The Morgan fingerprint density at radius 3 is 2.23 bits per heavy atom. The molecule has 0 aliphatic carbocycles. The molecule has 0 aliphatic heterocycles. The van der Waals surface area contributed by atoms with E-state index in [0.717, 1.165) is 21.9 Å². The van der Waals surface area contributed by atoms with Crippen molar-refractivity contribution in [3.05, 3.63) is 154 Å². The monoisotopic (exact) mass is 572 g/mol. The molecule has 1 atom stereocenters. The summed E-state index contributed by atoms with van der Waals surface area (Å²) >= 11 is 0. The summed E-state index contributed by atoms with van der Waals surface area (Å²) in [6.07, 6.45) is 1.50. The van der Waals surface area contributed by atoms with Gasteiger partial charge in [-0.15, -0.1) is 0 Å². The number of nitro benzene ring substituents is 1. The van der Waals surface area contributed by atoms with Gasteiger partial charge in [-0.3, -0.25) is 19.7 Å². The lowest BCUT2D eigenvalue weighted by Crippen LogP contribution is -2.32. The van der Waals surface area contributed by atoms with Crippen molar-refractivity contribution in [3.63, 3.8) is 0 Å². The fourth-order valence-corrected chi connectivity index (χ4v) is 4.58. The van der Waals surface area contributed by atoms with E-state index in [1.807, 2.05) is 72.8 Å². The van der Waals surface area contributed by atoms with Crippen molar-refractivity contribution in [1.82, 2.24) is 10.7 Å². The summed E-state index contributed by atoms with van der Waals surface area (Å²) in [5.74, 6) is -0.129. The maximum atomic E-state index is 13.0. The fourth-order valence-electron chi connectivity index (χ4n) is 4.58. The minimum atomic E-state index is -0.567. The Balaban J connectivity index is 1.31. The maximum absolute atomic E-state index is 13.0. The lowest BCUT2D eigenvalue weighted by Gasteiger charge is -2.18. The summed E-state index contributed by atoms with van der Waals surface area (Å²) < 4.78 is 6.08. The standard InChI is InChI=1S/C34H28N4O5/c39-33(21-31(26-10-3-1-4-11-26)36-34(40)27-12-5-2-6-13-27)37-35-22-30-29-14-8-7-9-25(29)17-20-32(30)43-23-24-15-18-28(19-16-24)38(41)42/h1-20,22,31H,21,23H2,(H,36,40)(H,37,39)/b35-22-/t31-/m1/s1. The van der Waals surface area contributed by atoms with Gasteiger partial charge in [0.25, 0.3) is 11.6 Å². The zero-order chi connectivity index (χ0) is 30.0. The van der Waals surface area contributed by atoms with Gasteiger partial charge in [0.15, 0.2) is 0 Å². The Bertz CT molecular complexity index is 1760. The van der Waals surface area contributed by atoms with Gasteiger partial charge >= 0.3 is 0 Å². The van der Waals surface area contributed by atoms with Gasteiger partial charge < -0.3 is 10.1 Å². The number of hydrogen-bond acceptors (Lipinski definition) is 6. The first kappa shape index (κ1) is 28.7. The Kier molecular flexibility index (Phi) is 9.13. The molecule has 0 heterocycles. The highest BCUT2D eigenvalue weighted by atomic mass is 16.6. The molecule has 0 aliphatic rings. The van der Waals surface area contributed by atoms with E-state index in [2.05, 4.69) is 15.8 Å². The van der Waals surface area contributed by atoms with Gasteiger partial charge in [-0.05, 0) is 52.2 Å². The van der Waals surface area contributed by atoms with Gasteiger partial charge in [0.2, 0.25) is 5.91 Å². The van der Waals surface area contributed by atoms with Crippen LogP contribution in [-0.4, -0.2) is 23.0 Å². The van der Waals surface area contributed by atoms with Crippen LogP contribution in [0.2, 0.25) is 0 Å². The number of nitrogens with zero attached hydrogens (tertiary/aromatic N) is 2. The summed E-state index contributed by atoms with van der Waals surface area (Å²) in [6, 6.07) is 35.2. The van der Waals surface area contributed by atoms with Crippen molar-refractivity contribution < 1.29 is 19.2 Å². The Hall–Kier alpha value is -5.83. The molecule has 0 aromatic heterocycles. The number of benzene rings is 5. The number of non-ortho nitro benzene ring substituents is 1. The topological polar surface area (TPSA) is 123 Å². The number of amides is 2. The van der Waals surface area contributed by atoms with E-state index in [9.17, 15) is 19.7 Å². The molecule has 9 nitrogen and oxygen atoms in total. The molecule has 5 aromatic rings. The van der Waals surface area contributed by atoms with E-state index in [4.69, 9.17) is 4.74 Å². The van der Waals surface area contributed by atoms with Gasteiger partial charge in [-0.2, -0.15) is 5.10 Å². The summed E-state index contributed by atoms with van der Waals surface area (Å²) in [6.45, 7) is 0.184. The molecule has 0 radical (unpaired) electrons. The number of carbonyl (C=O) groups is 2. The largest absolute Gasteiger partial charge is 0.488 e. The Labute approximate surface area is 248 Å². The van der Waals surface area contributed by atoms with Crippen molar-refractivity contribution in [1.29, 1.82) is 0 Å². The molecular formula is C34H28N4O5. The number of hydrogen-bond donors (Lipinski definition) is 2. The van der Waals surface area contributed by atoms with Crippen molar-refractivity contribution in [2.45, 2.75) is 19.1 Å². The summed E-state index contributed by atoms with van der Waals surface area (Å²) in [5, 5.41) is 20.0. The number of rotatable bonds is 11. The van der Waals surface area contributed by atoms with E-state index in [1.54, 1.807) is 36.4 Å². The van der Waals surface area contributed by atoms with Crippen molar-refractivity contribution in [3.8, 4) is 5.75 Å². The lowest BCUT2D eigenvalue weighted by atomic mass is 10.0. The third-order valence-corrected chi connectivity index (χ3v) is 6.79. The van der Waals surface area contributed by atoms with Crippen LogP contribution in [0.25, 0.3) is 10.8 Å². The smallest absolute Gasteiger partial charge is 0.269 e. The number of ether oxygens (including phenoxy) is 1. The van der Waals surface area contributed by atoms with Gasteiger partial charge in [-0.25, -0.2) is 5.43 Å². The molecule has 5 rings (SSSR count). The van der Waals surface area contributed by atoms with Crippen LogP contribution in [0.5, 0.6) is 5.75 Å². The van der Waals surface area contributed by atoms with E-state index in [-0.39, 0.29) is 30.5 Å². The highest BCUT2D eigenvalue weighted by molar-refractivity contribution is 6.02. The molecule has 0 saturated carbocycles. The van der Waals surface area contributed by atoms with E-state index < -0.39 is 11.0 Å². The van der Waals surface area contributed by atoms with Crippen molar-refractivity contribution in [2.75, 3.05) is 0 Å². The number of nitro groups is 1. The van der Waals surface area contributed by atoms with Crippen LogP contribution in [-0.2, 0) is 11.4 Å². The number of hydrazone groups is 1. The molecule has 9 heteroatoms. The van der Waals surface area contributed by atoms with Gasteiger partial charge in [0.05, 0.1) is 23.6 Å². The normalized spacial score (nSPS) is 11.6. The van der Waals surface area contributed by atoms with Crippen LogP contribution in [0, 0.1) is 10.1 Å². The molecule has 2 N–H and O–H groups in total. The highest BCUT2D eigenvalue weighted by Crippen LogP contribution is 2.28. The molecule has 0 spiro atoms. The highest BCUT2D eigenvalue weighted by Gasteiger charge is 2.19. The second-order valence-corrected chi connectivity index (χ2v) is 9.71. The first-order chi connectivity index (χ1) is 21.0. The summed E-state index contributed by atoms with van der Waals surface area (Å²) in [7, 11) is 0. The molecule has 0 fully saturated rings. The molecule has 5 aromatic carbocycles. The van der Waals surface area contributed by atoms with Gasteiger partial charge in [-0.1, -0.05) is 78.9 Å². The zero-order valence-corrected chi connectivity index (χ0v) is 23.1. The minimum Gasteiger partial charge on any atom is -0.488 e. The predicted molar refractivity (Wildman–Crippen MR) is 165 cm³/mol. The number of nitrogens with one attached hydrogen (secondary N) is 2. The quantitative estimate of drug-likeness (QED) is 0.109. The molecule has 0 unspecified atom stereocenters.